The van der Waals surface area contributed by atoms with Crippen molar-refractivity contribution in [2.45, 2.75) is 31.8 Å². The molecule has 2 atom stereocenters. The standard InChI is InChI=1S/C13H15NO/c1-3-9(2)14-13-7-5-10-4-6-11(15)8-12(10)13/h1,4,6,8-9,13-15H,5,7H2,2H3/t9-,13+/m0/s1. The van der Waals surface area contributed by atoms with Gasteiger partial charge < -0.3 is 5.11 Å². The third-order valence-corrected chi connectivity index (χ3v) is 2.91. The molecule has 0 amide bonds. The van der Waals surface area contributed by atoms with Crippen molar-refractivity contribution < 1.29 is 5.11 Å². The maximum absolute atomic E-state index is 9.44. The average Bonchev–Trinajstić information content (AvgIpc) is 2.61. The molecule has 0 aliphatic heterocycles. The molecule has 0 saturated carbocycles. The number of phenolic OH excluding ortho intramolecular Hbond substituents is 1. The number of terminal acetylenes is 1. The number of phenols is 1. The maximum atomic E-state index is 9.44. The third kappa shape index (κ3) is 1.98. The zero-order valence-electron chi connectivity index (χ0n) is 8.83. The Labute approximate surface area is 90.3 Å². The number of aryl methyl sites for hydroxylation is 1. The molecule has 15 heavy (non-hydrogen) atoms. The molecule has 1 aromatic carbocycles. The molecule has 0 heterocycles. The summed E-state index contributed by atoms with van der Waals surface area (Å²) in [6, 6.07) is 5.93. The van der Waals surface area contributed by atoms with Crippen LogP contribution in [0.3, 0.4) is 0 Å². The molecule has 0 spiro atoms. The number of fused-ring (bicyclic) bond motifs is 1. The molecule has 2 nitrogen and oxygen atoms in total. The van der Waals surface area contributed by atoms with E-state index in [1.165, 1.54) is 11.1 Å². The second-order valence-electron chi connectivity index (χ2n) is 4.03. The molecule has 0 unspecified atom stereocenters. The first-order valence-corrected chi connectivity index (χ1v) is 5.24. The summed E-state index contributed by atoms with van der Waals surface area (Å²) in [5.41, 5.74) is 2.51. The van der Waals surface area contributed by atoms with Gasteiger partial charge in [-0.15, -0.1) is 6.42 Å². The number of hydrogen-bond acceptors (Lipinski definition) is 2. The highest BCUT2D eigenvalue weighted by molar-refractivity contribution is 5.40. The van der Waals surface area contributed by atoms with E-state index in [0.29, 0.717) is 5.75 Å². The minimum Gasteiger partial charge on any atom is -0.508 e. The molecule has 0 saturated heterocycles. The van der Waals surface area contributed by atoms with E-state index in [1.54, 1.807) is 6.07 Å². The SMILES string of the molecule is C#C[C@H](C)N[C@@H]1CCc2ccc(O)cc21. The first kappa shape index (κ1) is 10.1. The van der Waals surface area contributed by atoms with Crippen molar-refractivity contribution in [2.24, 2.45) is 0 Å². The van der Waals surface area contributed by atoms with Crippen molar-refractivity contribution >= 4 is 0 Å². The van der Waals surface area contributed by atoms with Gasteiger partial charge in [0, 0.05) is 6.04 Å². The van der Waals surface area contributed by atoms with E-state index < -0.39 is 0 Å². The Balaban J connectivity index is 2.21. The maximum Gasteiger partial charge on any atom is 0.115 e. The van der Waals surface area contributed by atoms with Crippen LogP contribution < -0.4 is 5.32 Å². The van der Waals surface area contributed by atoms with Crippen LogP contribution in [0, 0.1) is 12.3 Å². The Bertz CT molecular complexity index is 405. The van der Waals surface area contributed by atoms with Crippen molar-refractivity contribution in [1.82, 2.24) is 5.32 Å². The van der Waals surface area contributed by atoms with E-state index in [-0.39, 0.29) is 12.1 Å². The van der Waals surface area contributed by atoms with Crippen molar-refractivity contribution in [3.63, 3.8) is 0 Å². The van der Waals surface area contributed by atoms with Gasteiger partial charge >= 0.3 is 0 Å². The lowest BCUT2D eigenvalue weighted by Crippen LogP contribution is -2.27. The summed E-state index contributed by atoms with van der Waals surface area (Å²) in [5, 5.41) is 12.8. The fraction of sp³-hybridized carbons (Fsp3) is 0.385. The summed E-state index contributed by atoms with van der Waals surface area (Å²) >= 11 is 0. The highest BCUT2D eigenvalue weighted by Crippen LogP contribution is 2.33. The number of aromatic hydroxyl groups is 1. The predicted molar refractivity (Wildman–Crippen MR) is 60.6 cm³/mol. The van der Waals surface area contributed by atoms with Crippen LogP contribution in [0.25, 0.3) is 0 Å². The molecule has 1 aliphatic carbocycles. The summed E-state index contributed by atoms with van der Waals surface area (Å²) in [5.74, 6) is 2.99. The summed E-state index contributed by atoms with van der Waals surface area (Å²) in [4.78, 5) is 0. The Kier molecular flexibility index (Phi) is 2.66. The lowest BCUT2D eigenvalue weighted by molar-refractivity contribution is 0.470. The lowest BCUT2D eigenvalue weighted by Gasteiger charge is -2.16. The Morgan fingerprint density at radius 1 is 1.60 bits per heavy atom. The van der Waals surface area contributed by atoms with Gasteiger partial charge in [0.05, 0.1) is 6.04 Å². The largest absolute Gasteiger partial charge is 0.508 e. The van der Waals surface area contributed by atoms with Crippen LogP contribution in [-0.2, 0) is 6.42 Å². The number of hydrogen-bond donors (Lipinski definition) is 2. The highest BCUT2D eigenvalue weighted by Gasteiger charge is 2.23. The molecule has 0 fully saturated rings. The summed E-state index contributed by atoms with van der Waals surface area (Å²) in [7, 11) is 0. The number of nitrogens with one attached hydrogen (secondary N) is 1. The molecular weight excluding hydrogens is 186 g/mol. The van der Waals surface area contributed by atoms with E-state index >= 15 is 0 Å². The number of rotatable bonds is 2. The van der Waals surface area contributed by atoms with Gasteiger partial charge in [0.2, 0.25) is 0 Å². The Morgan fingerprint density at radius 3 is 3.13 bits per heavy atom. The smallest absolute Gasteiger partial charge is 0.115 e. The molecule has 1 aliphatic rings. The van der Waals surface area contributed by atoms with E-state index in [0.717, 1.165) is 12.8 Å². The molecule has 2 heteroatoms. The van der Waals surface area contributed by atoms with Crippen LogP contribution in [0.2, 0.25) is 0 Å². The Morgan fingerprint density at radius 2 is 2.40 bits per heavy atom. The van der Waals surface area contributed by atoms with Gasteiger partial charge in [-0.3, -0.25) is 5.32 Å². The van der Waals surface area contributed by atoms with Crippen LogP contribution in [0.4, 0.5) is 0 Å². The van der Waals surface area contributed by atoms with Gasteiger partial charge in [-0.1, -0.05) is 12.0 Å². The summed E-state index contributed by atoms with van der Waals surface area (Å²) in [6.45, 7) is 1.97. The molecule has 0 aromatic heterocycles. The molecule has 1 aromatic rings. The van der Waals surface area contributed by atoms with Crippen LogP contribution in [0.1, 0.15) is 30.5 Å². The van der Waals surface area contributed by atoms with Crippen LogP contribution in [-0.4, -0.2) is 11.1 Å². The summed E-state index contributed by atoms with van der Waals surface area (Å²) in [6.07, 6.45) is 7.46. The van der Waals surface area contributed by atoms with Gasteiger partial charge in [-0.05, 0) is 43.0 Å². The fourth-order valence-corrected chi connectivity index (χ4v) is 2.11. The second kappa shape index (κ2) is 3.96. The van der Waals surface area contributed by atoms with Crippen molar-refractivity contribution in [3.8, 4) is 18.1 Å². The first-order valence-electron chi connectivity index (χ1n) is 5.24. The van der Waals surface area contributed by atoms with Crippen molar-refractivity contribution in [3.05, 3.63) is 29.3 Å². The van der Waals surface area contributed by atoms with Gasteiger partial charge in [0.15, 0.2) is 0 Å². The highest BCUT2D eigenvalue weighted by atomic mass is 16.3. The van der Waals surface area contributed by atoms with Crippen LogP contribution in [0.15, 0.2) is 18.2 Å². The molecular formula is C13H15NO. The fourth-order valence-electron chi connectivity index (χ4n) is 2.11. The minimum atomic E-state index is 0.0725. The minimum absolute atomic E-state index is 0.0725. The first-order chi connectivity index (χ1) is 7.20. The topological polar surface area (TPSA) is 32.3 Å². The zero-order chi connectivity index (χ0) is 10.8. The predicted octanol–water partition coefficient (Wildman–Crippen LogP) is 1.99. The molecule has 0 radical (unpaired) electrons. The van der Waals surface area contributed by atoms with Crippen LogP contribution >= 0.6 is 0 Å². The quantitative estimate of drug-likeness (QED) is 0.717. The zero-order valence-corrected chi connectivity index (χ0v) is 8.83. The monoisotopic (exact) mass is 201 g/mol. The summed E-state index contributed by atoms with van der Waals surface area (Å²) < 4.78 is 0. The van der Waals surface area contributed by atoms with E-state index in [4.69, 9.17) is 6.42 Å². The van der Waals surface area contributed by atoms with Crippen LogP contribution in [0.5, 0.6) is 5.75 Å². The van der Waals surface area contributed by atoms with Crippen molar-refractivity contribution in [2.75, 3.05) is 0 Å². The van der Waals surface area contributed by atoms with E-state index in [1.807, 2.05) is 19.1 Å². The van der Waals surface area contributed by atoms with Crippen molar-refractivity contribution in [1.29, 1.82) is 0 Å². The van der Waals surface area contributed by atoms with Gasteiger partial charge in [0.1, 0.15) is 5.75 Å². The molecule has 78 valence electrons. The average molecular weight is 201 g/mol. The van der Waals surface area contributed by atoms with Gasteiger partial charge in [0.25, 0.3) is 0 Å². The Hall–Kier alpha value is -1.46. The van der Waals surface area contributed by atoms with E-state index in [2.05, 4.69) is 11.2 Å². The normalized spacial score (nSPS) is 20.7. The molecule has 2 rings (SSSR count). The molecule has 2 N–H and O–H groups in total. The van der Waals surface area contributed by atoms with Gasteiger partial charge in [-0.25, -0.2) is 0 Å². The number of benzene rings is 1. The van der Waals surface area contributed by atoms with E-state index in [9.17, 15) is 5.11 Å². The molecule has 0 bridgehead atoms. The van der Waals surface area contributed by atoms with Gasteiger partial charge in [-0.2, -0.15) is 0 Å². The second-order valence-corrected chi connectivity index (χ2v) is 4.03. The lowest BCUT2D eigenvalue weighted by atomic mass is 10.1. The third-order valence-electron chi connectivity index (χ3n) is 2.91.